The van der Waals surface area contributed by atoms with Gasteiger partial charge in [0.25, 0.3) is 0 Å². The number of fused-ring (bicyclic) bond motifs is 1. The van der Waals surface area contributed by atoms with E-state index in [1.165, 1.54) is 0 Å². The number of nitrogens with one attached hydrogen (secondary N) is 2. The van der Waals surface area contributed by atoms with Gasteiger partial charge < -0.3 is 14.9 Å². The molecule has 5 heteroatoms. The lowest BCUT2D eigenvalue weighted by atomic mass is 10.2. The third-order valence-electron chi connectivity index (χ3n) is 3.62. The van der Waals surface area contributed by atoms with Crippen LogP contribution in [0.3, 0.4) is 0 Å². The van der Waals surface area contributed by atoms with Gasteiger partial charge in [-0.1, -0.05) is 0 Å². The maximum atomic E-state index is 4.65. The van der Waals surface area contributed by atoms with Gasteiger partial charge in [0.1, 0.15) is 5.84 Å². The van der Waals surface area contributed by atoms with Crippen LogP contribution >= 0.6 is 0 Å². The molecule has 0 bridgehead atoms. The van der Waals surface area contributed by atoms with Crippen molar-refractivity contribution in [3.63, 3.8) is 0 Å². The summed E-state index contributed by atoms with van der Waals surface area (Å²) in [5.41, 5.74) is 4.20. The number of hydrogen-bond donors (Lipinski definition) is 2. The van der Waals surface area contributed by atoms with Gasteiger partial charge in [-0.05, 0) is 30.3 Å². The molecular weight excluding hydrogens is 250 g/mol. The Bertz CT molecular complexity index is 809. The smallest absolute Gasteiger partial charge is 0.155 e. The summed E-state index contributed by atoms with van der Waals surface area (Å²) in [4.78, 5) is 12.5. The number of aliphatic imine (C=N–C) groups is 1. The molecule has 0 spiro atoms. The van der Waals surface area contributed by atoms with Crippen LogP contribution in [0.5, 0.6) is 0 Å². The maximum absolute atomic E-state index is 4.65. The molecule has 3 heterocycles. The van der Waals surface area contributed by atoms with E-state index >= 15 is 0 Å². The van der Waals surface area contributed by atoms with Crippen molar-refractivity contribution < 1.29 is 0 Å². The molecule has 5 nitrogen and oxygen atoms in total. The summed E-state index contributed by atoms with van der Waals surface area (Å²) in [5, 5.41) is 3.29. The molecule has 0 amide bonds. The van der Waals surface area contributed by atoms with Gasteiger partial charge in [0.15, 0.2) is 5.82 Å². The van der Waals surface area contributed by atoms with Crippen LogP contribution in [0.1, 0.15) is 5.56 Å². The molecule has 2 N–H and O–H groups in total. The number of aryl methyl sites for hydroxylation is 1. The molecular formula is C15H15N5. The minimum Gasteiger partial charge on any atom is -0.368 e. The first-order chi connectivity index (χ1) is 9.81. The van der Waals surface area contributed by atoms with Gasteiger partial charge in [-0.3, -0.25) is 4.99 Å². The van der Waals surface area contributed by atoms with E-state index in [0.29, 0.717) is 0 Å². The SMILES string of the molecule is Cn1cccc1-c1nc2ccc(C3=NCCN3)cc2[nH]1. The van der Waals surface area contributed by atoms with E-state index in [1.807, 2.05) is 25.4 Å². The lowest BCUT2D eigenvalue weighted by Crippen LogP contribution is -2.19. The van der Waals surface area contributed by atoms with Crippen molar-refractivity contribution in [1.29, 1.82) is 0 Å². The summed E-state index contributed by atoms with van der Waals surface area (Å²) in [7, 11) is 2.02. The van der Waals surface area contributed by atoms with Crippen molar-refractivity contribution in [3.05, 3.63) is 42.1 Å². The molecule has 0 saturated heterocycles. The number of H-pyrrole nitrogens is 1. The number of hydrogen-bond acceptors (Lipinski definition) is 3. The third kappa shape index (κ3) is 1.71. The van der Waals surface area contributed by atoms with E-state index in [-0.39, 0.29) is 0 Å². The molecule has 0 fully saturated rings. The van der Waals surface area contributed by atoms with E-state index in [2.05, 4.69) is 43.0 Å². The number of nitrogens with zero attached hydrogens (tertiary/aromatic N) is 3. The van der Waals surface area contributed by atoms with Crippen molar-refractivity contribution in [2.45, 2.75) is 0 Å². The summed E-state index contributed by atoms with van der Waals surface area (Å²) in [5.74, 6) is 1.87. The minimum absolute atomic E-state index is 0.852. The van der Waals surface area contributed by atoms with E-state index in [4.69, 9.17) is 0 Å². The molecule has 0 saturated carbocycles. The molecule has 2 aromatic heterocycles. The number of imidazole rings is 1. The van der Waals surface area contributed by atoms with Crippen LogP contribution in [-0.4, -0.2) is 33.5 Å². The zero-order valence-electron chi connectivity index (χ0n) is 11.2. The Morgan fingerprint density at radius 1 is 1.25 bits per heavy atom. The first-order valence-electron chi connectivity index (χ1n) is 6.71. The zero-order valence-corrected chi connectivity index (χ0v) is 11.2. The van der Waals surface area contributed by atoms with Crippen LogP contribution < -0.4 is 5.32 Å². The van der Waals surface area contributed by atoms with Crippen molar-refractivity contribution >= 4 is 16.9 Å². The van der Waals surface area contributed by atoms with Crippen molar-refractivity contribution in [1.82, 2.24) is 19.9 Å². The fourth-order valence-corrected chi connectivity index (χ4v) is 2.58. The average molecular weight is 265 g/mol. The van der Waals surface area contributed by atoms with Crippen LogP contribution in [0.2, 0.25) is 0 Å². The van der Waals surface area contributed by atoms with Gasteiger partial charge in [-0.2, -0.15) is 0 Å². The van der Waals surface area contributed by atoms with Crippen LogP contribution in [0.15, 0.2) is 41.5 Å². The van der Waals surface area contributed by atoms with E-state index < -0.39 is 0 Å². The van der Waals surface area contributed by atoms with Gasteiger partial charge in [-0.15, -0.1) is 0 Å². The summed E-state index contributed by atoms with van der Waals surface area (Å²) in [6.07, 6.45) is 2.02. The molecule has 100 valence electrons. The second-order valence-corrected chi connectivity index (χ2v) is 4.98. The first kappa shape index (κ1) is 11.3. The molecule has 4 rings (SSSR count). The van der Waals surface area contributed by atoms with Gasteiger partial charge in [-0.25, -0.2) is 4.98 Å². The lowest BCUT2D eigenvalue weighted by molar-refractivity contribution is 0.927. The van der Waals surface area contributed by atoms with Gasteiger partial charge >= 0.3 is 0 Å². The Hall–Kier alpha value is -2.56. The Kier molecular flexibility index (Phi) is 2.39. The second kappa shape index (κ2) is 4.23. The number of aromatic amines is 1. The largest absolute Gasteiger partial charge is 0.368 e. The maximum Gasteiger partial charge on any atom is 0.155 e. The van der Waals surface area contributed by atoms with Crippen molar-refractivity contribution in [2.75, 3.05) is 13.1 Å². The van der Waals surface area contributed by atoms with E-state index in [9.17, 15) is 0 Å². The van der Waals surface area contributed by atoms with Crippen molar-refractivity contribution in [2.24, 2.45) is 12.0 Å². The summed E-state index contributed by atoms with van der Waals surface area (Å²) in [6.45, 7) is 1.77. The van der Waals surface area contributed by atoms with Gasteiger partial charge in [0, 0.05) is 25.4 Å². The number of benzene rings is 1. The molecule has 20 heavy (non-hydrogen) atoms. The molecule has 0 aliphatic carbocycles. The number of rotatable bonds is 2. The highest BCUT2D eigenvalue weighted by Gasteiger charge is 2.11. The Morgan fingerprint density at radius 2 is 2.20 bits per heavy atom. The minimum atomic E-state index is 0.852. The quantitative estimate of drug-likeness (QED) is 0.743. The molecule has 1 aliphatic heterocycles. The summed E-state index contributed by atoms with van der Waals surface area (Å²) in [6, 6.07) is 10.3. The Morgan fingerprint density at radius 3 is 2.95 bits per heavy atom. The number of aromatic nitrogens is 3. The normalized spacial score (nSPS) is 14.6. The highest BCUT2D eigenvalue weighted by atomic mass is 15.1. The van der Waals surface area contributed by atoms with Crippen LogP contribution in [0, 0.1) is 0 Å². The Balaban J connectivity index is 1.82. The van der Waals surface area contributed by atoms with E-state index in [1.54, 1.807) is 0 Å². The molecule has 3 aromatic rings. The molecule has 1 aromatic carbocycles. The highest BCUT2D eigenvalue weighted by molar-refractivity contribution is 6.02. The van der Waals surface area contributed by atoms with Crippen LogP contribution in [0.25, 0.3) is 22.6 Å². The monoisotopic (exact) mass is 265 g/mol. The fraction of sp³-hybridized carbons (Fsp3) is 0.200. The predicted octanol–water partition coefficient (Wildman–Crippen LogP) is 1.92. The highest BCUT2D eigenvalue weighted by Crippen LogP contribution is 2.21. The standard InChI is InChI=1S/C15H15N5/c1-20-8-2-3-13(20)15-18-11-5-4-10(9-12(11)19-15)14-16-6-7-17-14/h2-5,8-9H,6-7H2,1H3,(H,16,17)(H,18,19). The molecule has 0 atom stereocenters. The van der Waals surface area contributed by atoms with Crippen LogP contribution in [0.4, 0.5) is 0 Å². The van der Waals surface area contributed by atoms with E-state index in [0.717, 1.165) is 47.0 Å². The molecule has 0 radical (unpaired) electrons. The zero-order chi connectivity index (χ0) is 13.5. The van der Waals surface area contributed by atoms with Gasteiger partial charge in [0.2, 0.25) is 0 Å². The van der Waals surface area contributed by atoms with Crippen molar-refractivity contribution in [3.8, 4) is 11.5 Å². The third-order valence-corrected chi connectivity index (χ3v) is 3.62. The van der Waals surface area contributed by atoms with Gasteiger partial charge in [0.05, 0.1) is 23.3 Å². The summed E-state index contributed by atoms with van der Waals surface area (Å²) < 4.78 is 2.06. The average Bonchev–Trinajstić information content (AvgIpc) is 3.17. The molecule has 1 aliphatic rings. The van der Waals surface area contributed by atoms with Crippen LogP contribution in [-0.2, 0) is 7.05 Å². The number of amidine groups is 1. The summed E-state index contributed by atoms with van der Waals surface area (Å²) >= 11 is 0. The Labute approximate surface area is 116 Å². The molecule has 0 unspecified atom stereocenters. The predicted molar refractivity (Wildman–Crippen MR) is 79.9 cm³/mol. The second-order valence-electron chi connectivity index (χ2n) is 4.98. The first-order valence-corrected chi connectivity index (χ1v) is 6.71. The topological polar surface area (TPSA) is 58.0 Å². The fourth-order valence-electron chi connectivity index (χ4n) is 2.58. The lowest BCUT2D eigenvalue weighted by Gasteiger charge is -2.01.